The molecule has 0 atom stereocenters. The number of amides is 1. The van der Waals surface area contributed by atoms with Gasteiger partial charge >= 0.3 is 5.97 Å². The molecule has 2 heterocycles. The average molecular weight is 294 g/mol. The Bertz CT molecular complexity index is 539. The van der Waals surface area contributed by atoms with E-state index in [4.69, 9.17) is 0 Å². The number of carboxylic acid groups (broad SMARTS) is 1. The Balaban J connectivity index is 2.09. The highest BCUT2D eigenvalue weighted by Crippen LogP contribution is 2.36. The Morgan fingerprint density at radius 3 is 2.62 bits per heavy atom. The molecule has 0 aromatic carbocycles. The maximum Gasteiger partial charge on any atom is 0.309 e. The molecule has 0 radical (unpaired) electrons. The van der Waals surface area contributed by atoms with Crippen molar-refractivity contribution in [2.45, 2.75) is 32.6 Å². The number of aliphatic carboxylic acids is 1. The second-order valence-electron chi connectivity index (χ2n) is 5.48. The summed E-state index contributed by atoms with van der Waals surface area (Å²) >= 11 is 0. The minimum atomic E-state index is -0.799. The summed E-state index contributed by atoms with van der Waals surface area (Å²) in [6.45, 7) is 2.63. The summed E-state index contributed by atoms with van der Waals surface area (Å²) in [7, 11) is 0. The van der Waals surface area contributed by atoms with E-state index in [1.54, 1.807) is 0 Å². The number of hydrogen-bond acceptors (Lipinski definition) is 3. The molecule has 0 spiro atoms. The summed E-state index contributed by atoms with van der Waals surface area (Å²) in [5.41, 5.74) is -0.759. The van der Waals surface area contributed by atoms with Crippen molar-refractivity contribution in [3.8, 4) is 0 Å². The lowest BCUT2D eigenvalue weighted by Gasteiger charge is -2.38. The van der Waals surface area contributed by atoms with Crippen molar-refractivity contribution in [1.82, 2.24) is 9.88 Å². The summed E-state index contributed by atoms with van der Waals surface area (Å²) in [6.07, 6.45) is 4.60. The van der Waals surface area contributed by atoms with Gasteiger partial charge in [0, 0.05) is 19.3 Å². The predicted octanol–water partition coefficient (Wildman–Crippen LogP) is 2.33. The quantitative estimate of drug-likeness (QED) is 0.925. The van der Waals surface area contributed by atoms with E-state index in [1.807, 2.05) is 6.92 Å². The summed E-state index contributed by atoms with van der Waals surface area (Å²) in [5, 5.41) is 9.43. The molecule has 0 unspecified atom stereocenters. The van der Waals surface area contributed by atoms with E-state index >= 15 is 0 Å². The fourth-order valence-corrected chi connectivity index (χ4v) is 2.91. The second kappa shape index (κ2) is 6.20. The van der Waals surface area contributed by atoms with Gasteiger partial charge in [0.25, 0.3) is 5.91 Å². The molecule has 0 aliphatic carbocycles. The molecule has 5 nitrogen and oxygen atoms in total. The molecule has 2 rings (SSSR count). The van der Waals surface area contributed by atoms with E-state index < -0.39 is 23.1 Å². The highest BCUT2D eigenvalue weighted by atomic mass is 19.1. The van der Waals surface area contributed by atoms with Crippen molar-refractivity contribution in [2.24, 2.45) is 5.41 Å². The van der Waals surface area contributed by atoms with Crippen molar-refractivity contribution in [1.29, 1.82) is 0 Å². The van der Waals surface area contributed by atoms with Gasteiger partial charge in [-0.25, -0.2) is 4.39 Å². The van der Waals surface area contributed by atoms with Crippen LogP contribution in [0.5, 0.6) is 0 Å². The zero-order valence-corrected chi connectivity index (χ0v) is 12.0. The Kier molecular flexibility index (Phi) is 4.55. The third-order valence-electron chi connectivity index (χ3n) is 4.19. The number of likely N-dealkylation sites (tertiary alicyclic amines) is 1. The Hall–Kier alpha value is -1.98. The lowest BCUT2D eigenvalue weighted by Crippen LogP contribution is -2.46. The standard InChI is InChI=1S/C15H19FN2O3/c1-2-4-15(14(20)21)5-8-18(9-6-15)13(19)11-3-7-17-10-12(11)16/h3,7,10H,2,4-6,8-9H2,1H3,(H,20,21). The number of aromatic nitrogens is 1. The zero-order chi connectivity index (χ0) is 15.5. The molecule has 1 N–H and O–H groups in total. The first kappa shape index (κ1) is 15.4. The van der Waals surface area contributed by atoms with Crippen LogP contribution in [-0.2, 0) is 4.79 Å². The lowest BCUT2D eigenvalue weighted by atomic mass is 9.75. The van der Waals surface area contributed by atoms with Crippen LogP contribution in [0.1, 0.15) is 43.0 Å². The van der Waals surface area contributed by atoms with Crippen molar-refractivity contribution >= 4 is 11.9 Å². The summed E-state index contributed by atoms with van der Waals surface area (Å²) in [6, 6.07) is 1.35. The van der Waals surface area contributed by atoms with Crippen molar-refractivity contribution in [3.63, 3.8) is 0 Å². The maximum atomic E-state index is 13.6. The second-order valence-corrected chi connectivity index (χ2v) is 5.48. The Morgan fingerprint density at radius 2 is 2.10 bits per heavy atom. The fraction of sp³-hybridized carbons (Fsp3) is 0.533. The van der Waals surface area contributed by atoms with Gasteiger partial charge in [0.05, 0.1) is 17.2 Å². The van der Waals surface area contributed by atoms with Gasteiger partial charge < -0.3 is 10.0 Å². The molecule has 1 aliphatic rings. The van der Waals surface area contributed by atoms with E-state index in [0.717, 1.165) is 12.6 Å². The summed E-state index contributed by atoms with van der Waals surface area (Å²) in [4.78, 5) is 28.9. The maximum absolute atomic E-state index is 13.6. The van der Waals surface area contributed by atoms with Gasteiger partial charge in [-0.1, -0.05) is 13.3 Å². The molecule has 1 aromatic rings. The molecule has 1 saturated heterocycles. The fourth-order valence-electron chi connectivity index (χ4n) is 2.91. The number of carbonyl (C=O) groups excluding carboxylic acids is 1. The van der Waals surface area contributed by atoms with E-state index in [9.17, 15) is 19.1 Å². The summed E-state index contributed by atoms with van der Waals surface area (Å²) < 4.78 is 13.6. The largest absolute Gasteiger partial charge is 0.481 e. The lowest BCUT2D eigenvalue weighted by molar-refractivity contribution is -0.152. The van der Waals surface area contributed by atoms with Crippen LogP contribution >= 0.6 is 0 Å². The van der Waals surface area contributed by atoms with Crippen LogP contribution in [0.2, 0.25) is 0 Å². The molecule has 0 saturated carbocycles. The van der Waals surface area contributed by atoms with E-state index in [-0.39, 0.29) is 5.56 Å². The third kappa shape index (κ3) is 3.04. The van der Waals surface area contributed by atoms with Crippen LogP contribution in [0.15, 0.2) is 18.5 Å². The van der Waals surface area contributed by atoms with Gasteiger partial charge in [-0.3, -0.25) is 14.6 Å². The first-order valence-corrected chi connectivity index (χ1v) is 7.12. The minimum Gasteiger partial charge on any atom is -0.481 e. The highest BCUT2D eigenvalue weighted by molar-refractivity contribution is 5.94. The Morgan fingerprint density at radius 1 is 1.43 bits per heavy atom. The molecule has 6 heteroatoms. The highest BCUT2D eigenvalue weighted by Gasteiger charge is 2.41. The minimum absolute atomic E-state index is 0.0108. The van der Waals surface area contributed by atoms with Gasteiger partial charge in [0.1, 0.15) is 0 Å². The third-order valence-corrected chi connectivity index (χ3v) is 4.19. The molecule has 21 heavy (non-hydrogen) atoms. The molecular weight excluding hydrogens is 275 g/mol. The normalized spacial score (nSPS) is 17.5. The molecule has 1 fully saturated rings. The van der Waals surface area contributed by atoms with Gasteiger partial charge in [0.15, 0.2) is 5.82 Å². The van der Waals surface area contributed by atoms with E-state index in [1.165, 1.54) is 17.2 Å². The molecule has 0 bridgehead atoms. The zero-order valence-electron chi connectivity index (χ0n) is 12.0. The van der Waals surface area contributed by atoms with Crippen molar-refractivity contribution < 1.29 is 19.1 Å². The first-order chi connectivity index (χ1) is 10.00. The number of nitrogens with zero attached hydrogens (tertiary/aromatic N) is 2. The molecule has 1 aliphatic heterocycles. The number of carbonyl (C=O) groups is 2. The predicted molar refractivity (Wildman–Crippen MR) is 74.3 cm³/mol. The van der Waals surface area contributed by atoms with Gasteiger partial charge in [0.2, 0.25) is 0 Å². The molecule has 1 aromatic heterocycles. The Labute approximate surface area is 122 Å². The van der Waals surface area contributed by atoms with E-state index in [2.05, 4.69) is 4.98 Å². The number of rotatable bonds is 4. The van der Waals surface area contributed by atoms with Crippen LogP contribution < -0.4 is 0 Å². The topological polar surface area (TPSA) is 70.5 Å². The number of carboxylic acids is 1. The number of halogens is 1. The van der Waals surface area contributed by atoms with Crippen LogP contribution in [0.4, 0.5) is 4.39 Å². The SMILES string of the molecule is CCCC1(C(=O)O)CCN(C(=O)c2ccncc2F)CC1. The molecular formula is C15H19FN2O3. The van der Waals surface area contributed by atoms with Crippen molar-refractivity contribution in [2.75, 3.05) is 13.1 Å². The molecule has 1 amide bonds. The number of piperidine rings is 1. The number of hydrogen-bond donors (Lipinski definition) is 1. The number of pyridine rings is 1. The summed E-state index contributed by atoms with van der Waals surface area (Å²) in [5.74, 6) is -1.84. The molecule has 114 valence electrons. The van der Waals surface area contributed by atoms with Crippen molar-refractivity contribution in [3.05, 3.63) is 29.8 Å². The van der Waals surface area contributed by atoms with E-state index in [0.29, 0.717) is 32.4 Å². The van der Waals surface area contributed by atoms with Crippen LogP contribution in [0.3, 0.4) is 0 Å². The van der Waals surface area contributed by atoms with Gasteiger partial charge in [-0.05, 0) is 25.3 Å². The van der Waals surface area contributed by atoms with Crippen LogP contribution in [0.25, 0.3) is 0 Å². The van der Waals surface area contributed by atoms with Crippen LogP contribution in [0, 0.1) is 11.2 Å². The first-order valence-electron chi connectivity index (χ1n) is 7.12. The average Bonchev–Trinajstić information content (AvgIpc) is 2.48. The van der Waals surface area contributed by atoms with Gasteiger partial charge in [-0.15, -0.1) is 0 Å². The van der Waals surface area contributed by atoms with Gasteiger partial charge in [-0.2, -0.15) is 0 Å². The smallest absolute Gasteiger partial charge is 0.309 e. The van der Waals surface area contributed by atoms with Crippen LogP contribution in [-0.4, -0.2) is 40.0 Å². The monoisotopic (exact) mass is 294 g/mol.